The summed E-state index contributed by atoms with van der Waals surface area (Å²) in [5.41, 5.74) is 0.668. The second-order valence-electron chi connectivity index (χ2n) is 6.61. The summed E-state index contributed by atoms with van der Waals surface area (Å²) in [7, 11) is 1.61. The van der Waals surface area contributed by atoms with E-state index < -0.39 is 0 Å². The number of carbonyl (C=O) groups is 1. The Morgan fingerprint density at radius 2 is 1.93 bits per heavy atom. The van der Waals surface area contributed by atoms with Crippen LogP contribution in [0.4, 0.5) is 0 Å². The van der Waals surface area contributed by atoms with E-state index in [4.69, 9.17) is 13.9 Å². The Kier molecular flexibility index (Phi) is 4.91. The Morgan fingerprint density at radius 3 is 2.67 bits per heavy atom. The molecule has 1 saturated carbocycles. The number of fused-ring (bicyclic) bond motifs is 1. The number of aromatic nitrogens is 2. The molecule has 3 aromatic rings. The summed E-state index contributed by atoms with van der Waals surface area (Å²) in [4.78, 5) is 20.7. The van der Waals surface area contributed by atoms with Crippen LogP contribution in [0.15, 0.2) is 47.1 Å². The molecule has 0 atom stereocenters. The molecule has 0 bridgehead atoms. The van der Waals surface area contributed by atoms with Gasteiger partial charge in [0.2, 0.25) is 0 Å². The predicted octanol–water partition coefficient (Wildman–Crippen LogP) is 3.35. The van der Waals surface area contributed by atoms with Gasteiger partial charge in [-0.2, -0.15) is 0 Å². The van der Waals surface area contributed by atoms with Crippen molar-refractivity contribution in [2.75, 3.05) is 7.11 Å². The van der Waals surface area contributed by atoms with Gasteiger partial charge in [-0.1, -0.05) is 0 Å². The largest absolute Gasteiger partial charge is 0.497 e. The molecule has 140 valence electrons. The van der Waals surface area contributed by atoms with Crippen LogP contribution < -0.4 is 14.8 Å². The van der Waals surface area contributed by atoms with E-state index >= 15 is 0 Å². The van der Waals surface area contributed by atoms with Gasteiger partial charge in [0.1, 0.15) is 17.4 Å². The van der Waals surface area contributed by atoms with Gasteiger partial charge in [-0.05, 0) is 56.0 Å². The first-order chi connectivity index (χ1) is 13.2. The number of hydrogen-bond acceptors (Lipinski definition) is 6. The number of hydrogen-bond donors (Lipinski definition) is 1. The second kappa shape index (κ2) is 7.65. The average molecular weight is 367 g/mol. The number of nitrogens with zero attached hydrogens (tertiary/aromatic N) is 2. The molecule has 4 rings (SSSR count). The maximum atomic E-state index is 12.5. The summed E-state index contributed by atoms with van der Waals surface area (Å²) in [5, 5.41) is 3.91. The van der Waals surface area contributed by atoms with Crippen LogP contribution in [0.25, 0.3) is 11.0 Å². The fourth-order valence-corrected chi connectivity index (χ4v) is 3.34. The van der Waals surface area contributed by atoms with E-state index in [1.54, 1.807) is 37.7 Å². The van der Waals surface area contributed by atoms with Crippen molar-refractivity contribution in [2.24, 2.45) is 0 Å². The normalized spacial score (nSPS) is 19.6. The highest BCUT2D eigenvalue weighted by Crippen LogP contribution is 2.25. The maximum Gasteiger partial charge on any atom is 0.316 e. The molecule has 7 nitrogen and oxygen atoms in total. The Morgan fingerprint density at radius 1 is 1.15 bits per heavy atom. The lowest BCUT2D eigenvalue weighted by atomic mass is 9.93. The van der Waals surface area contributed by atoms with Crippen molar-refractivity contribution in [3.8, 4) is 11.8 Å². The molecular weight excluding hydrogens is 346 g/mol. The van der Waals surface area contributed by atoms with E-state index in [0.717, 1.165) is 36.8 Å². The number of ether oxygens (including phenoxy) is 2. The monoisotopic (exact) mass is 367 g/mol. The number of carbonyl (C=O) groups excluding carboxylic acids is 1. The molecule has 0 aliphatic heterocycles. The summed E-state index contributed by atoms with van der Waals surface area (Å²) in [6.07, 6.45) is 6.79. The first-order valence-electron chi connectivity index (χ1n) is 9.03. The number of furan rings is 1. The molecular formula is C20H21N3O4. The zero-order valence-corrected chi connectivity index (χ0v) is 15.1. The summed E-state index contributed by atoms with van der Waals surface area (Å²) in [6.45, 7) is 0. The third-order valence-electron chi connectivity index (χ3n) is 4.77. The van der Waals surface area contributed by atoms with Gasteiger partial charge in [-0.3, -0.25) is 4.79 Å². The molecule has 7 heteroatoms. The predicted molar refractivity (Wildman–Crippen MR) is 98.9 cm³/mol. The van der Waals surface area contributed by atoms with Crippen LogP contribution in [0.5, 0.6) is 11.8 Å². The first-order valence-corrected chi connectivity index (χ1v) is 9.03. The quantitative estimate of drug-likeness (QED) is 0.744. The van der Waals surface area contributed by atoms with E-state index in [0.29, 0.717) is 17.4 Å². The molecule has 1 aliphatic rings. The third-order valence-corrected chi connectivity index (χ3v) is 4.77. The average Bonchev–Trinajstić information content (AvgIpc) is 3.13. The zero-order chi connectivity index (χ0) is 18.6. The van der Waals surface area contributed by atoms with Gasteiger partial charge < -0.3 is 19.2 Å². The minimum atomic E-state index is -0.194. The smallest absolute Gasteiger partial charge is 0.316 e. The van der Waals surface area contributed by atoms with Crippen LogP contribution in [0, 0.1) is 0 Å². The van der Waals surface area contributed by atoms with Gasteiger partial charge in [-0.15, -0.1) is 0 Å². The Balaban J connectivity index is 1.33. The van der Waals surface area contributed by atoms with Crippen LogP contribution in [0.1, 0.15) is 36.2 Å². The van der Waals surface area contributed by atoms with Crippen LogP contribution in [0.2, 0.25) is 0 Å². The molecule has 0 spiro atoms. The second-order valence-corrected chi connectivity index (χ2v) is 6.61. The van der Waals surface area contributed by atoms with Crippen LogP contribution in [-0.4, -0.2) is 35.1 Å². The van der Waals surface area contributed by atoms with Crippen LogP contribution >= 0.6 is 0 Å². The minimum Gasteiger partial charge on any atom is -0.497 e. The van der Waals surface area contributed by atoms with Gasteiger partial charge >= 0.3 is 6.01 Å². The fraction of sp³-hybridized carbons (Fsp3) is 0.350. The molecule has 1 N–H and O–H groups in total. The third kappa shape index (κ3) is 4.02. The summed E-state index contributed by atoms with van der Waals surface area (Å²) in [5.74, 6) is 0.853. The minimum absolute atomic E-state index is 0.0826. The van der Waals surface area contributed by atoms with Crippen molar-refractivity contribution in [3.63, 3.8) is 0 Å². The highest BCUT2D eigenvalue weighted by atomic mass is 16.5. The first kappa shape index (κ1) is 17.3. The lowest BCUT2D eigenvalue weighted by Crippen LogP contribution is -2.39. The van der Waals surface area contributed by atoms with Crippen LogP contribution in [-0.2, 0) is 0 Å². The molecule has 0 saturated heterocycles. The van der Waals surface area contributed by atoms with Gasteiger partial charge in [0.25, 0.3) is 5.91 Å². The van der Waals surface area contributed by atoms with E-state index in [1.807, 2.05) is 12.1 Å². The van der Waals surface area contributed by atoms with Crippen molar-refractivity contribution < 1.29 is 18.7 Å². The highest BCUT2D eigenvalue weighted by molar-refractivity contribution is 5.96. The number of methoxy groups -OCH3 is 1. The van der Waals surface area contributed by atoms with Gasteiger partial charge in [-0.25, -0.2) is 9.97 Å². The van der Waals surface area contributed by atoms with Gasteiger partial charge in [0.15, 0.2) is 5.76 Å². The molecule has 0 radical (unpaired) electrons. The van der Waals surface area contributed by atoms with E-state index in [1.165, 1.54) is 0 Å². The van der Waals surface area contributed by atoms with Gasteiger partial charge in [0, 0.05) is 23.8 Å². The number of rotatable bonds is 5. The van der Waals surface area contributed by atoms with Gasteiger partial charge in [0.05, 0.1) is 7.11 Å². The topological polar surface area (TPSA) is 86.5 Å². The van der Waals surface area contributed by atoms with E-state index in [-0.39, 0.29) is 18.1 Å². The summed E-state index contributed by atoms with van der Waals surface area (Å²) >= 11 is 0. The molecule has 1 aromatic carbocycles. The molecule has 1 fully saturated rings. The lowest BCUT2D eigenvalue weighted by Gasteiger charge is -2.28. The Hall–Kier alpha value is -3.09. The zero-order valence-electron chi connectivity index (χ0n) is 15.1. The SMILES string of the molecule is COc1ccc2oc(C(=O)NC3CCC(Oc4ncccn4)CC3)cc2c1. The van der Waals surface area contributed by atoms with E-state index in [9.17, 15) is 4.79 Å². The van der Waals surface area contributed by atoms with E-state index in [2.05, 4.69) is 15.3 Å². The molecule has 2 aromatic heterocycles. The standard InChI is InChI=1S/C20H21N3O4/c1-25-16-7-8-17-13(11-16)12-18(27-17)19(24)23-14-3-5-15(6-4-14)26-20-21-9-2-10-22-20/h2,7-12,14-15H,3-6H2,1H3,(H,23,24). The van der Waals surface area contributed by atoms with Crippen molar-refractivity contribution in [1.82, 2.24) is 15.3 Å². The highest BCUT2D eigenvalue weighted by Gasteiger charge is 2.25. The number of nitrogens with one attached hydrogen (secondary N) is 1. The van der Waals surface area contributed by atoms with Crippen molar-refractivity contribution >= 4 is 16.9 Å². The molecule has 2 heterocycles. The molecule has 1 aliphatic carbocycles. The molecule has 27 heavy (non-hydrogen) atoms. The summed E-state index contributed by atoms with van der Waals surface area (Å²) in [6, 6.07) is 9.48. The fourth-order valence-electron chi connectivity index (χ4n) is 3.34. The Bertz CT molecular complexity index is 917. The lowest BCUT2D eigenvalue weighted by molar-refractivity contribution is 0.0861. The molecule has 0 unspecified atom stereocenters. The van der Waals surface area contributed by atoms with Crippen molar-refractivity contribution in [3.05, 3.63) is 48.5 Å². The van der Waals surface area contributed by atoms with Crippen molar-refractivity contribution in [2.45, 2.75) is 37.8 Å². The van der Waals surface area contributed by atoms with Crippen molar-refractivity contribution in [1.29, 1.82) is 0 Å². The maximum absolute atomic E-state index is 12.5. The molecule has 1 amide bonds. The number of amides is 1. The number of benzene rings is 1. The van der Waals surface area contributed by atoms with Crippen LogP contribution in [0.3, 0.4) is 0 Å². The Labute approximate surface area is 156 Å². The summed E-state index contributed by atoms with van der Waals surface area (Å²) < 4.78 is 16.7.